The molecule has 1 aromatic heterocycles. The van der Waals surface area contributed by atoms with Gasteiger partial charge in [-0.1, -0.05) is 0 Å². The monoisotopic (exact) mass is 294 g/mol. The molecule has 1 saturated carbocycles. The minimum atomic E-state index is -0.513. The molecule has 0 bridgehead atoms. The third-order valence-electron chi connectivity index (χ3n) is 3.54. The van der Waals surface area contributed by atoms with Crippen LogP contribution in [-0.2, 0) is 11.8 Å². The summed E-state index contributed by atoms with van der Waals surface area (Å²) < 4.78 is 2.14. The van der Waals surface area contributed by atoms with Crippen LogP contribution in [0.5, 0.6) is 0 Å². The molecule has 0 spiro atoms. The van der Waals surface area contributed by atoms with Crippen LogP contribution in [0.15, 0.2) is 18.2 Å². The van der Waals surface area contributed by atoms with E-state index in [9.17, 15) is 4.79 Å². The van der Waals surface area contributed by atoms with Crippen LogP contribution < -0.4 is 11.1 Å². The molecule has 1 unspecified atom stereocenters. The van der Waals surface area contributed by atoms with Gasteiger partial charge in [-0.05, 0) is 38.0 Å². The number of hydrogen-bond donors (Lipinski definition) is 2. The van der Waals surface area contributed by atoms with Gasteiger partial charge in [0.15, 0.2) is 0 Å². The van der Waals surface area contributed by atoms with Crippen LogP contribution in [0.1, 0.15) is 31.5 Å². The molecule has 108 valence electrons. The van der Waals surface area contributed by atoms with Crippen LogP contribution in [0, 0.1) is 0 Å². The van der Waals surface area contributed by atoms with E-state index in [1.165, 1.54) is 12.8 Å². The number of hydrogen-bond acceptors (Lipinski definition) is 3. The summed E-state index contributed by atoms with van der Waals surface area (Å²) in [5.74, 6) is 1.57. The highest BCUT2D eigenvalue weighted by molar-refractivity contribution is 5.96. The fourth-order valence-corrected chi connectivity index (χ4v) is 2.26. The van der Waals surface area contributed by atoms with Gasteiger partial charge in [0.1, 0.15) is 5.82 Å². The van der Waals surface area contributed by atoms with Gasteiger partial charge in [0, 0.05) is 18.7 Å². The van der Waals surface area contributed by atoms with Gasteiger partial charge in [-0.25, -0.2) is 4.98 Å². The van der Waals surface area contributed by atoms with Crippen molar-refractivity contribution < 1.29 is 4.79 Å². The third-order valence-corrected chi connectivity index (χ3v) is 3.54. The van der Waals surface area contributed by atoms with Crippen molar-refractivity contribution in [1.82, 2.24) is 9.55 Å². The fraction of sp³-hybridized carbons (Fsp3) is 0.429. The first-order valence-electron chi connectivity index (χ1n) is 6.59. The van der Waals surface area contributed by atoms with Gasteiger partial charge in [0.2, 0.25) is 5.91 Å². The number of anilines is 1. The third kappa shape index (κ3) is 2.64. The number of benzene rings is 1. The highest BCUT2D eigenvalue weighted by Gasteiger charge is 2.28. The van der Waals surface area contributed by atoms with E-state index < -0.39 is 6.04 Å². The molecule has 1 amide bonds. The minimum Gasteiger partial charge on any atom is -0.331 e. The van der Waals surface area contributed by atoms with Crippen LogP contribution in [0.3, 0.4) is 0 Å². The first kappa shape index (κ1) is 14.8. The average molecular weight is 295 g/mol. The molecule has 0 aliphatic heterocycles. The lowest BCUT2D eigenvalue weighted by atomic mass is 10.2. The van der Waals surface area contributed by atoms with E-state index >= 15 is 0 Å². The Bertz CT molecular complexity index is 646. The van der Waals surface area contributed by atoms with Crippen molar-refractivity contribution in [3.05, 3.63) is 24.0 Å². The van der Waals surface area contributed by atoms with Crippen molar-refractivity contribution in [2.45, 2.75) is 31.7 Å². The highest BCUT2D eigenvalue weighted by Crippen LogP contribution is 2.40. The standard InChI is InChI=1S/C14H18N4O.ClH/c1-8(15)14(19)16-10-5-6-12-11(7-10)17-13(18(12)2)9-3-4-9;/h5-9H,3-4,15H2,1-2H3,(H,16,19);1H. The largest absolute Gasteiger partial charge is 0.331 e. The molecular weight excluding hydrogens is 276 g/mol. The molecule has 3 rings (SSSR count). The molecule has 0 radical (unpaired) electrons. The molecule has 0 saturated heterocycles. The summed E-state index contributed by atoms with van der Waals surface area (Å²) in [7, 11) is 2.04. The molecule has 1 aliphatic rings. The van der Waals surface area contributed by atoms with E-state index in [-0.39, 0.29) is 18.3 Å². The Labute approximate surface area is 124 Å². The fourth-order valence-electron chi connectivity index (χ4n) is 2.26. The number of amides is 1. The number of nitrogens with two attached hydrogens (primary N) is 1. The smallest absolute Gasteiger partial charge is 0.240 e. The predicted molar refractivity (Wildman–Crippen MR) is 82.2 cm³/mol. The second-order valence-electron chi connectivity index (χ2n) is 5.28. The lowest BCUT2D eigenvalue weighted by molar-refractivity contribution is -0.117. The Morgan fingerprint density at radius 1 is 1.50 bits per heavy atom. The number of rotatable bonds is 3. The number of aryl methyl sites for hydroxylation is 1. The first-order chi connectivity index (χ1) is 9.06. The van der Waals surface area contributed by atoms with Crippen LogP contribution >= 0.6 is 12.4 Å². The van der Waals surface area contributed by atoms with Gasteiger partial charge in [-0.3, -0.25) is 4.79 Å². The molecule has 2 aromatic rings. The van der Waals surface area contributed by atoms with Crippen LogP contribution in [0.4, 0.5) is 5.69 Å². The molecule has 1 heterocycles. The molecular formula is C14H19ClN4O. The summed E-state index contributed by atoms with van der Waals surface area (Å²) in [6, 6.07) is 5.27. The summed E-state index contributed by atoms with van der Waals surface area (Å²) in [5, 5.41) is 2.79. The Kier molecular flexibility index (Phi) is 4.01. The summed E-state index contributed by atoms with van der Waals surface area (Å²) in [6.07, 6.45) is 2.46. The lowest BCUT2D eigenvalue weighted by Gasteiger charge is -2.07. The lowest BCUT2D eigenvalue weighted by Crippen LogP contribution is -2.32. The normalized spacial score (nSPS) is 15.8. The summed E-state index contributed by atoms with van der Waals surface area (Å²) in [5.41, 5.74) is 8.31. The van der Waals surface area contributed by atoms with Gasteiger partial charge in [0.25, 0.3) is 0 Å². The first-order valence-corrected chi connectivity index (χ1v) is 6.59. The molecule has 6 heteroatoms. The summed E-state index contributed by atoms with van der Waals surface area (Å²) >= 11 is 0. The maximum atomic E-state index is 11.6. The molecule has 1 fully saturated rings. The zero-order chi connectivity index (χ0) is 13.6. The molecule has 1 aliphatic carbocycles. The second-order valence-corrected chi connectivity index (χ2v) is 5.28. The van der Waals surface area contributed by atoms with Gasteiger partial charge in [0.05, 0.1) is 17.1 Å². The topological polar surface area (TPSA) is 72.9 Å². The van der Waals surface area contributed by atoms with Crippen molar-refractivity contribution in [2.75, 3.05) is 5.32 Å². The maximum Gasteiger partial charge on any atom is 0.240 e. The number of nitrogens with one attached hydrogen (secondary N) is 1. The Morgan fingerprint density at radius 3 is 2.80 bits per heavy atom. The van der Waals surface area contributed by atoms with E-state index in [1.807, 2.05) is 25.2 Å². The van der Waals surface area contributed by atoms with Gasteiger partial charge < -0.3 is 15.6 Å². The zero-order valence-electron chi connectivity index (χ0n) is 11.6. The van der Waals surface area contributed by atoms with E-state index in [4.69, 9.17) is 5.73 Å². The highest BCUT2D eigenvalue weighted by atomic mass is 35.5. The Morgan fingerprint density at radius 2 is 2.20 bits per heavy atom. The van der Waals surface area contributed by atoms with Crippen LogP contribution in [0.25, 0.3) is 11.0 Å². The average Bonchev–Trinajstić information content (AvgIpc) is 3.15. The SMILES string of the molecule is CC(N)C(=O)Nc1ccc2c(c1)nc(C1CC1)n2C.Cl. The Hall–Kier alpha value is -1.59. The van der Waals surface area contributed by atoms with Crippen molar-refractivity contribution in [3.8, 4) is 0 Å². The van der Waals surface area contributed by atoms with Crippen molar-refractivity contribution in [3.63, 3.8) is 0 Å². The number of halogens is 1. The maximum absolute atomic E-state index is 11.6. The molecule has 5 nitrogen and oxygen atoms in total. The van der Waals surface area contributed by atoms with E-state index in [0.717, 1.165) is 22.5 Å². The second kappa shape index (κ2) is 5.42. The molecule has 1 aromatic carbocycles. The summed E-state index contributed by atoms with van der Waals surface area (Å²) in [6.45, 7) is 1.67. The van der Waals surface area contributed by atoms with Crippen molar-refractivity contribution in [2.24, 2.45) is 12.8 Å². The summed E-state index contributed by atoms with van der Waals surface area (Å²) in [4.78, 5) is 16.2. The number of fused-ring (bicyclic) bond motifs is 1. The van der Waals surface area contributed by atoms with Crippen LogP contribution in [0.2, 0.25) is 0 Å². The van der Waals surface area contributed by atoms with Gasteiger partial charge in [-0.15, -0.1) is 12.4 Å². The number of aromatic nitrogens is 2. The quantitative estimate of drug-likeness (QED) is 0.911. The molecule has 3 N–H and O–H groups in total. The van der Waals surface area contributed by atoms with Crippen molar-refractivity contribution in [1.29, 1.82) is 0 Å². The molecule has 1 atom stereocenters. The van der Waals surface area contributed by atoms with Gasteiger partial charge >= 0.3 is 0 Å². The Balaban J connectivity index is 0.00000147. The number of carbonyl (C=O) groups excluding carboxylic acids is 1. The van der Waals surface area contributed by atoms with E-state index in [1.54, 1.807) is 6.92 Å². The minimum absolute atomic E-state index is 0. The zero-order valence-corrected chi connectivity index (χ0v) is 12.4. The van der Waals surface area contributed by atoms with Crippen molar-refractivity contribution >= 4 is 35.0 Å². The number of imidazole rings is 1. The van der Waals surface area contributed by atoms with E-state index in [0.29, 0.717) is 5.92 Å². The van der Waals surface area contributed by atoms with Crippen LogP contribution in [-0.4, -0.2) is 21.5 Å². The molecule has 20 heavy (non-hydrogen) atoms. The number of carbonyl (C=O) groups is 1. The number of nitrogens with zero attached hydrogens (tertiary/aromatic N) is 2. The van der Waals surface area contributed by atoms with Gasteiger partial charge in [-0.2, -0.15) is 0 Å². The predicted octanol–water partition coefficient (Wildman–Crippen LogP) is 2.16. The van der Waals surface area contributed by atoms with E-state index in [2.05, 4.69) is 14.9 Å².